The molecule has 2 aromatic rings. The first-order valence-corrected chi connectivity index (χ1v) is 5.30. The molecule has 14 heavy (non-hydrogen) atoms. The average Bonchev–Trinajstić information content (AvgIpc) is 2.60. The van der Waals surface area contributed by atoms with Crippen molar-refractivity contribution < 1.29 is 0 Å². The second-order valence-corrected chi connectivity index (χ2v) is 4.27. The monoisotopic (exact) mass is 206 g/mol. The minimum atomic E-state index is 0.652. The molecule has 0 unspecified atom stereocenters. The first-order chi connectivity index (χ1) is 6.75. The van der Waals surface area contributed by atoms with Gasteiger partial charge in [0.25, 0.3) is 0 Å². The van der Waals surface area contributed by atoms with Crippen LogP contribution in [-0.2, 0) is 12.8 Å². The van der Waals surface area contributed by atoms with Crippen LogP contribution < -0.4 is 0 Å². The number of nitrogens with one attached hydrogen (secondary N) is 1. The number of hydrogen-bond donors (Lipinski definition) is 1. The van der Waals surface area contributed by atoms with Crippen molar-refractivity contribution >= 4 is 22.5 Å². The molecule has 0 radical (unpaired) electrons. The molecule has 2 nitrogen and oxygen atoms in total. The minimum Gasteiger partial charge on any atom is -0.358 e. The number of aryl methyl sites for hydroxylation is 3. The van der Waals surface area contributed by atoms with Crippen molar-refractivity contribution in [3.05, 3.63) is 28.2 Å². The predicted octanol–water partition coefficient (Wildman–Crippen LogP) is 3.01. The molecule has 2 aromatic heterocycles. The predicted molar refractivity (Wildman–Crippen MR) is 57.9 cm³/mol. The quantitative estimate of drug-likeness (QED) is 0.660. The van der Waals surface area contributed by atoms with Gasteiger partial charge in [-0.3, -0.25) is 0 Å². The Hall–Kier alpha value is -1.02. The van der Waals surface area contributed by atoms with Gasteiger partial charge in [-0.15, -0.1) is 0 Å². The maximum atomic E-state index is 6.16. The first kappa shape index (κ1) is 8.30. The highest BCUT2D eigenvalue weighted by atomic mass is 35.5. The van der Waals surface area contributed by atoms with Gasteiger partial charge in [0.1, 0.15) is 5.15 Å². The van der Waals surface area contributed by atoms with E-state index in [2.05, 4.69) is 16.0 Å². The molecule has 3 heteroatoms. The summed E-state index contributed by atoms with van der Waals surface area (Å²) >= 11 is 6.16. The maximum absolute atomic E-state index is 6.16. The molecule has 0 saturated heterocycles. The molecule has 0 aliphatic heterocycles. The van der Waals surface area contributed by atoms with Crippen molar-refractivity contribution in [2.24, 2.45) is 0 Å². The van der Waals surface area contributed by atoms with E-state index in [9.17, 15) is 0 Å². The molecular formula is C11H11ClN2. The van der Waals surface area contributed by atoms with Crippen LogP contribution in [0, 0.1) is 6.92 Å². The molecule has 0 atom stereocenters. The molecule has 0 saturated carbocycles. The van der Waals surface area contributed by atoms with E-state index in [4.69, 9.17) is 11.6 Å². The number of nitrogens with zero attached hydrogens (tertiary/aromatic N) is 1. The van der Waals surface area contributed by atoms with Crippen molar-refractivity contribution in [3.8, 4) is 0 Å². The molecule has 2 heterocycles. The smallest absolute Gasteiger partial charge is 0.138 e. The molecule has 1 aliphatic rings. The first-order valence-electron chi connectivity index (χ1n) is 4.92. The van der Waals surface area contributed by atoms with Crippen molar-refractivity contribution in [2.75, 3.05) is 0 Å². The Balaban J connectivity index is 2.43. The zero-order valence-electron chi connectivity index (χ0n) is 8.02. The number of hydrogen-bond acceptors (Lipinski definition) is 1. The lowest BCUT2D eigenvalue weighted by Gasteiger charge is -1.98. The highest BCUT2D eigenvalue weighted by Gasteiger charge is 2.19. The Morgan fingerprint density at radius 3 is 3.14 bits per heavy atom. The second kappa shape index (κ2) is 2.74. The van der Waals surface area contributed by atoms with Crippen molar-refractivity contribution in [3.63, 3.8) is 0 Å². The van der Waals surface area contributed by atoms with Crippen LogP contribution in [0.3, 0.4) is 0 Å². The summed E-state index contributed by atoms with van der Waals surface area (Å²) in [6, 6.07) is 2.07. The van der Waals surface area contributed by atoms with Crippen LogP contribution in [0.4, 0.5) is 0 Å². The number of fused-ring (bicyclic) bond motifs is 3. The molecule has 0 fully saturated rings. The van der Waals surface area contributed by atoms with Crippen LogP contribution in [0.2, 0.25) is 5.15 Å². The van der Waals surface area contributed by atoms with Gasteiger partial charge in [0.2, 0.25) is 0 Å². The number of H-pyrrole nitrogens is 1. The van der Waals surface area contributed by atoms with E-state index in [1.807, 2.05) is 6.92 Å². The van der Waals surface area contributed by atoms with Crippen LogP contribution in [0.15, 0.2) is 6.07 Å². The van der Waals surface area contributed by atoms with E-state index in [1.165, 1.54) is 17.7 Å². The van der Waals surface area contributed by atoms with E-state index in [1.54, 1.807) is 0 Å². The fraction of sp³-hybridized carbons (Fsp3) is 0.364. The summed E-state index contributed by atoms with van der Waals surface area (Å²) in [5, 5.41) is 1.80. The summed E-state index contributed by atoms with van der Waals surface area (Å²) in [4.78, 5) is 7.73. The van der Waals surface area contributed by atoms with Crippen molar-refractivity contribution in [1.29, 1.82) is 0 Å². The minimum absolute atomic E-state index is 0.652. The van der Waals surface area contributed by atoms with E-state index < -0.39 is 0 Å². The van der Waals surface area contributed by atoms with Gasteiger partial charge >= 0.3 is 0 Å². The summed E-state index contributed by atoms with van der Waals surface area (Å²) in [5.41, 5.74) is 4.86. The number of pyridine rings is 1. The molecule has 1 aliphatic carbocycles. The Kier molecular flexibility index (Phi) is 1.62. The molecule has 0 bridgehead atoms. The standard InChI is InChI=1S/C11H11ClN2/c1-6-5-9-10(11(12)13-6)7-3-2-4-8(7)14-9/h5,14H,2-4H2,1H3. The molecule has 3 rings (SSSR count). The highest BCUT2D eigenvalue weighted by Crippen LogP contribution is 2.33. The molecule has 72 valence electrons. The lowest BCUT2D eigenvalue weighted by Crippen LogP contribution is -1.85. The van der Waals surface area contributed by atoms with Gasteiger partial charge in [-0.2, -0.15) is 0 Å². The van der Waals surface area contributed by atoms with Crippen LogP contribution >= 0.6 is 11.6 Å². The lowest BCUT2D eigenvalue weighted by atomic mass is 10.2. The van der Waals surface area contributed by atoms with Gasteiger partial charge in [0.05, 0.1) is 5.52 Å². The Morgan fingerprint density at radius 1 is 1.43 bits per heavy atom. The fourth-order valence-corrected chi connectivity index (χ4v) is 2.69. The summed E-state index contributed by atoms with van der Waals surface area (Å²) in [7, 11) is 0. The molecule has 1 N–H and O–H groups in total. The van der Waals surface area contributed by atoms with E-state index in [0.717, 1.165) is 29.4 Å². The number of aromatic nitrogens is 2. The van der Waals surface area contributed by atoms with Crippen LogP contribution in [0.25, 0.3) is 10.9 Å². The third kappa shape index (κ3) is 1.01. The summed E-state index contributed by atoms with van der Waals surface area (Å²) in [6.07, 6.45) is 3.53. The zero-order valence-corrected chi connectivity index (χ0v) is 8.78. The lowest BCUT2D eigenvalue weighted by molar-refractivity contribution is 0.898. The number of halogens is 1. The topological polar surface area (TPSA) is 28.7 Å². The van der Waals surface area contributed by atoms with Crippen LogP contribution in [0.1, 0.15) is 23.4 Å². The van der Waals surface area contributed by atoms with Crippen LogP contribution in [-0.4, -0.2) is 9.97 Å². The molecule has 0 aromatic carbocycles. The third-order valence-electron chi connectivity index (χ3n) is 2.91. The van der Waals surface area contributed by atoms with Gasteiger partial charge in [-0.05, 0) is 37.8 Å². The van der Waals surface area contributed by atoms with Gasteiger partial charge in [0.15, 0.2) is 0 Å². The zero-order chi connectivity index (χ0) is 9.71. The van der Waals surface area contributed by atoms with Gasteiger partial charge < -0.3 is 4.98 Å². The fourth-order valence-electron chi connectivity index (χ4n) is 2.34. The molecule has 0 amide bonds. The average molecular weight is 207 g/mol. The van der Waals surface area contributed by atoms with Crippen LogP contribution in [0.5, 0.6) is 0 Å². The van der Waals surface area contributed by atoms with E-state index in [0.29, 0.717) is 5.15 Å². The summed E-state index contributed by atoms with van der Waals surface area (Å²) in [6.45, 7) is 1.97. The van der Waals surface area contributed by atoms with E-state index >= 15 is 0 Å². The van der Waals surface area contributed by atoms with Gasteiger partial charge in [-0.25, -0.2) is 4.98 Å². The van der Waals surface area contributed by atoms with Crippen molar-refractivity contribution in [2.45, 2.75) is 26.2 Å². The second-order valence-electron chi connectivity index (χ2n) is 3.91. The Morgan fingerprint density at radius 2 is 2.29 bits per heavy atom. The SMILES string of the molecule is Cc1cc2[nH]c3c(c2c(Cl)n1)CCC3. The molecular weight excluding hydrogens is 196 g/mol. The molecule has 0 spiro atoms. The maximum Gasteiger partial charge on any atom is 0.138 e. The summed E-state index contributed by atoms with van der Waals surface area (Å²) in [5.74, 6) is 0. The Bertz CT molecular complexity index is 513. The highest BCUT2D eigenvalue weighted by molar-refractivity contribution is 6.34. The van der Waals surface area contributed by atoms with Crippen molar-refractivity contribution in [1.82, 2.24) is 9.97 Å². The number of aromatic amines is 1. The largest absolute Gasteiger partial charge is 0.358 e. The van der Waals surface area contributed by atoms with E-state index in [-0.39, 0.29) is 0 Å². The van der Waals surface area contributed by atoms with Gasteiger partial charge in [0, 0.05) is 16.8 Å². The third-order valence-corrected chi connectivity index (χ3v) is 3.18. The Labute approximate surface area is 87.3 Å². The van der Waals surface area contributed by atoms with Gasteiger partial charge in [-0.1, -0.05) is 11.6 Å². The number of rotatable bonds is 0. The normalized spacial score (nSPS) is 15.0. The summed E-state index contributed by atoms with van der Waals surface area (Å²) < 4.78 is 0.